The smallest absolute Gasteiger partial charge is 0.265 e. The number of rotatable bonds is 4. The number of aromatic nitrogens is 4. The van der Waals surface area contributed by atoms with Crippen LogP contribution in [0.2, 0.25) is 0 Å². The van der Waals surface area contributed by atoms with Gasteiger partial charge in [0.15, 0.2) is 10.8 Å². The van der Waals surface area contributed by atoms with Gasteiger partial charge >= 0.3 is 0 Å². The Morgan fingerprint density at radius 3 is 2.81 bits per heavy atom. The normalized spacial score (nSPS) is 16.1. The first-order valence-electron chi connectivity index (χ1n) is 8.62. The standard InChI is InChI=1S/C18H18FN5O2S/c1-10(2)21-15(25)7-13-9-27-18-22-16-14(17(26)23(13)18)8-20-24(16)12-5-3-11(19)4-6-12/h3-6,8,10,13H,7,9H2,1-2H3,(H,21,25). The summed E-state index contributed by atoms with van der Waals surface area (Å²) in [5.74, 6) is 0.185. The molecule has 2 aromatic heterocycles. The number of amides is 1. The maximum absolute atomic E-state index is 13.2. The SMILES string of the molecule is CC(C)NC(=O)CC1CSc2nc3c(cnn3-c3ccc(F)cc3)c(=O)n21. The number of hydrogen-bond donors (Lipinski definition) is 1. The van der Waals surface area contributed by atoms with Crippen LogP contribution in [-0.4, -0.2) is 37.0 Å². The number of nitrogens with one attached hydrogen (secondary N) is 1. The van der Waals surface area contributed by atoms with Gasteiger partial charge in [0.25, 0.3) is 5.56 Å². The number of nitrogens with zero attached hydrogens (tertiary/aromatic N) is 4. The summed E-state index contributed by atoms with van der Waals surface area (Å²) in [6, 6.07) is 5.66. The third-order valence-corrected chi connectivity index (χ3v) is 5.41. The first-order chi connectivity index (χ1) is 12.9. The van der Waals surface area contributed by atoms with E-state index >= 15 is 0 Å². The molecule has 1 unspecified atom stereocenters. The second-order valence-electron chi connectivity index (χ2n) is 6.73. The van der Waals surface area contributed by atoms with Crippen LogP contribution in [0.4, 0.5) is 4.39 Å². The molecule has 0 spiro atoms. The number of fused-ring (bicyclic) bond motifs is 2. The highest BCUT2D eigenvalue weighted by molar-refractivity contribution is 7.99. The molecule has 0 radical (unpaired) electrons. The third-order valence-electron chi connectivity index (χ3n) is 4.31. The van der Waals surface area contributed by atoms with Gasteiger partial charge in [0.05, 0.1) is 17.9 Å². The van der Waals surface area contributed by atoms with Gasteiger partial charge in [-0.2, -0.15) is 5.10 Å². The molecule has 7 nitrogen and oxygen atoms in total. The molecule has 27 heavy (non-hydrogen) atoms. The molecular formula is C18H18FN5O2S. The molecule has 0 aliphatic carbocycles. The van der Waals surface area contributed by atoms with Crippen LogP contribution in [0, 0.1) is 5.82 Å². The summed E-state index contributed by atoms with van der Waals surface area (Å²) >= 11 is 1.45. The van der Waals surface area contributed by atoms with Crippen molar-refractivity contribution in [2.75, 3.05) is 5.75 Å². The number of carbonyl (C=O) groups excluding carboxylic acids is 1. The molecule has 1 amide bonds. The minimum atomic E-state index is -0.345. The van der Waals surface area contributed by atoms with Crippen molar-refractivity contribution in [3.63, 3.8) is 0 Å². The Hall–Kier alpha value is -2.68. The van der Waals surface area contributed by atoms with Crippen molar-refractivity contribution in [1.82, 2.24) is 24.6 Å². The van der Waals surface area contributed by atoms with E-state index in [2.05, 4.69) is 15.4 Å². The molecule has 0 fully saturated rings. The molecule has 9 heteroatoms. The fourth-order valence-electron chi connectivity index (χ4n) is 3.15. The van der Waals surface area contributed by atoms with E-state index in [1.165, 1.54) is 34.8 Å². The van der Waals surface area contributed by atoms with E-state index in [9.17, 15) is 14.0 Å². The van der Waals surface area contributed by atoms with Crippen LogP contribution in [0.15, 0.2) is 40.4 Å². The molecule has 140 valence electrons. The van der Waals surface area contributed by atoms with Crippen molar-refractivity contribution in [3.05, 3.63) is 46.6 Å². The molecule has 0 bridgehead atoms. The summed E-state index contributed by atoms with van der Waals surface area (Å²) in [7, 11) is 0. The van der Waals surface area contributed by atoms with Crippen LogP contribution in [-0.2, 0) is 4.79 Å². The van der Waals surface area contributed by atoms with Gasteiger partial charge in [-0.25, -0.2) is 14.1 Å². The van der Waals surface area contributed by atoms with Crippen molar-refractivity contribution in [2.24, 2.45) is 0 Å². The summed E-state index contributed by atoms with van der Waals surface area (Å²) in [4.78, 5) is 29.7. The average molecular weight is 387 g/mol. The molecule has 4 rings (SSSR count). The number of hydrogen-bond acceptors (Lipinski definition) is 5. The fraction of sp³-hybridized carbons (Fsp3) is 0.333. The highest BCUT2D eigenvalue weighted by Crippen LogP contribution is 2.33. The lowest BCUT2D eigenvalue weighted by atomic mass is 10.2. The first kappa shape index (κ1) is 17.7. The Kier molecular flexibility index (Phi) is 4.47. The molecular weight excluding hydrogens is 369 g/mol. The molecule has 1 aliphatic heterocycles. The lowest BCUT2D eigenvalue weighted by Gasteiger charge is -2.14. The minimum Gasteiger partial charge on any atom is -0.354 e. The predicted octanol–water partition coefficient (Wildman–Crippen LogP) is 2.28. The van der Waals surface area contributed by atoms with Crippen molar-refractivity contribution < 1.29 is 9.18 Å². The number of thioether (sulfide) groups is 1. The van der Waals surface area contributed by atoms with Crippen LogP contribution in [0.1, 0.15) is 26.3 Å². The van der Waals surface area contributed by atoms with E-state index in [-0.39, 0.29) is 35.8 Å². The molecule has 1 atom stereocenters. The van der Waals surface area contributed by atoms with Crippen LogP contribution < -0.4 is 10.9 Å². The molecule has 1 aromatic carbocycles. The van der Waals surface area contributed by atoms with Gasteiger partial charge in [0.2, 0.25) is 5.91 Å². The average Bonchev–Trinajstić information content (AvgIpc) is 3.20. The van der Waals surface area contributed by atoms with Crippen molar-refractivity contribution in [1.29, 1.82) is 0 Å². The van der Waals surface area contributed by atoms with Crippen LogP contribution in [0.3, 0.4) is 0 Å². The summed E-state index contributed by atoms with van der Waals surface area (Å²) in [5, 5.41) is 8.05. The van der Waals surface area contributed by atoms with E-state index in [1.807, 2.05) is 13.8 Å². The second-order valence-corrected chi connectivity index (χ2v) is 7.72. The van der Waals surface area contributed by atoms with E-state index < -0.39 is 0 Å². The Balaban J connectivity index is 1.74. The monoisotopic (exact) mass is 387 g/mol. The summed E-state index contributed by atoms with van der Waals surface area (Å²) in [6.45, 7) is 3.80. The molecule has 0 saturated heterocycles. The zero-order valence-corrected chi connectivity index (χ0v) is 15.7. The highest BCUT2D eigenvalue weighted by Gasteiger charge is 2.29. The van der Waals surface area contributed by atoms with Crippen molar-refractivity contribution in [2.45, 2.75) is 37.5 Å². The Bertz CT molecular complexity index is 1070. The first-order valence-corrected chi connectivity index (χ1v) is 9.61. The molecule has 3 heterocycles. The van der Waals surface area contributed by atoms with Crippen LogP contribution in [0.5, 0.6) is 0 Å². The van der Waals surface area contributed by atoms with Gasteiger partial charge in [0.1, 0.15) is 11.2 Å². The zero-order chi connectivity index (χ0) is 19.1. The largest absolute Gasteiger partial charge is 0.354 e. The number of halogens is 1. The van der Waals surface area contributed by atoms with Gasteiger partial charge in [0, 0.05) is 18.2 Å². The maximum Gasteiger partial charge on any atom is 0.265 e. The van der Waals surface area contributed by atoms with Gasteiger partial charge < -0.3 is 5.32 Å². The quantitative estimate of drug-likeness (QED) is 0.695. The Labute approximate surface area is 158 Å². The van der Waals surface area contributed by atoms with Crippen molar-refractivity contribution in [3.8, 4) is 5.69 Å². The Morgan fingerprint density at radius 2 is 2.11 bits per heavy atom. The van der Waals surface area contributed by atoms with Crippen LogP contribution >= 0.6 is 11.8 Å². The summed E-state index contributed by atoms with van der Waals surface area (Å²) in [5.41, 5.74) is 0.840. The van der Waals surface area contributed by atoms with Gasteiger partial charge in [-0.1, -0.05) is 11.8 Å². The number of benzene rings is 1. The van der Waals surface area contributed by atoms with Gasteiger partial charge in [-0.05, 0) is 38.1 Å². The van der Waals surface area contributed by atoms with E-state index in [0.29, 0.717) is 27.6 Å². The fourth-order valence-corrected chi connectivity index (χ4v) is 4.28. The predicted molar refractivity (Wildman–Crippen MR) is 101 cm³/mol. The van der Waals surface area contributed by atoms with E-state index in [4.69, 9.17) is 0 Å². The van der Waals surface area contributed by atoms with Gasteiger partial charge in [-0.15, -0.1) is 0 Å². The minimum absolute atomic E-state index is 0.0531. The lowest BCUT2D eigenvalue weighted by Crippen LogP contribution is -2.34. The summed E-state index contributed by atoms with van der Waals surface area (Å²) < 4.78 is 16.3. The molecule has 1 aliphatic rings. The summed E-state index contributed by atoms with van der Waals surface area (Å²) in [6.07, 6.45) is 1.70. The van der Waals surface area contributed by atoms with E-state index in [0.717, 1.165) is 0 Å². The molecule has 3 aromatic rings. The zero-order valence-electron chi connectivity index (χ0n) is 14.8. The van der Waals surface area contributed by atoms with Gasteiger partial charge in [-0.3, -0.25) is 14.2 Å². The van der Waals surface area contributed by atoms with Crippen molar-refractivity contribution >= 4 is 28.7 Å². The topological polar surface area (TPSA) is 81.8 Å². The maximum atomic E-state index is 13.2. The Morgan fingerprint density at radius 1 is 1.37 bits per heavy atom. The molecule has 1 N–H and O–H groups in total. The van der Waals surface area contributed by atoms with E-state index in [1.54, 1.807) is 16.7 Å². The van der Waals surface area contributed by atoms with Crippen LogP contribution in [0.25, 0.3) is 16.7 Å². The molecule has 0 saturated carbocycles. The highest BCUT2D eigenvalue weighted by atomic mass is 32.2. The lowest BCUT2D eigenvalue weighted by molar-refractivity contribution is -0.122. The third kappa shape index (κ3) is 3.23. The number of carbonyl (C=O) groups is 1. The second kappa shape index (κ2) is 6.80.